The van der Waals surface area contributed by atoms with Crippen LogP contribution in [0.15, 0.2) is 83.7 Å². The smallest absolute Gasteiger partial charge is 0.329 e. The zero-order valence-electron chi connectivity index (χ0n) is 17.7. The Morgan fingerprint density at radius 3 is 2.28 bits per heavy atom. The number of imidazole rings is 1. The van der Waals surface area contributed by atoms with Gasteiger partial charge in [0.2, 0.25) is 5.91 Å². The number of hydrogen-bond donors (Lipinski definition) is 2. The Morgan fingerprint density at radius 2 is 1.50 bits per heavy atom. The van der Waals surface area contributed by atoms with E-state index in [0.29, 0.717) is 29.7 Å². The molecule has 0 atom stereocenters. The van der Waals surface area contributed by atoms with Gasteiger partial charge in [-0.2, -0.15) is 0 Å². The first kappa shape index (κ1) is 21.1. The van der Waals surface area contributed by atoms with Crippen LogP contribution in [0.3, 0.4) is 0 Å². The first-order chi connectivity index (χ1) is 15.5. The van der Waals surface area contributed by atoms with E-state index in [-0.39, 0.29) is 24.0 Å². The van der Waals surface area contributed by atoms with Gasteiger partial charge in [0.15, 0.2) is 0 Å². The first-order valence-corrected chi connectivity index (χ1v) is 10.4. The van der Waals surface area contributed by atoms with E-state index >= 15 is 0 Å². The van der Waals surface area contributed by atoms with Gasteiger partial charge in [-0.25, -0.2) is 4.79 Å². The van der Waals surface area contributed by atoms with Crippen molar-refractivity contribution in [2.24, 2.45) is 7.05 Å². The van der Waals surface area contributed by atoms with Crippen molar-refractivity contribution in [1.29, 1.82) is 0 Å². The number of para-hydroxylation sites is 3. The number of aromatic nitrogens is 2. The summed E-state index contributed by atoms with van der Waals surface area (Å²) in [6.45, 7) is 0.334. The van der Waals surface area contributed by atoms with Crippen molar-refractivity contribution in [2.75, 3.05) is 11.9 Å². The fraction of sp³-hybridized carbons (Fsp3) is 0.160. The van der Waals surface area contributed by atoms with E-state index in [4.69, 9.17) is 0 Å². The molecule has 2 amide bonds. The van der Waals surface area contributed by atoms with Gasteiger partial charge in [-0.05, 0) is 36.2 Å². The molecule has 7 heteroatoms. The normalized spacial score (nSPS) is 10.8. The summed E-state index contributed by atoms with van der Waals surface area (Å²) >= 11 is 0. The number of nitrogens with one attached hydrogen (secondary N) is 2. The molecule has 0 aliphatic rings. The molecule has 0 aliphatic heterocycles. The van der Waals surface area contributed by atoms with E-state index in [1.165, 1.54) is 9.13 Å². The molecule has 4 rings (SSSR count). The molecule has 0 aliphatic carbocycles. The van der Waals surface area contributed by atoms with Gasteiger partial charge in [-0.15, -0.1) is 0 Å². The summed E-state index contributed by atoms with van der Waals surface area (Å²) in [7, 11) is 1.67. The molecule has 0 fully saturated rings. The maximum absolute atomic E-state index is 12.7. The van der Waals surface area contributed by atoms with Gasteiger partial charge in [-0.1, -0.05) is 54.6 Å². The van der Waals surface area contributed by atoms with Crippen LogP contribution < -0.4 is 16.3 Å². The van der Waals surface area contributed by atoms with Crippen LogP contribution in [0.25, 0.3) is 11.0 Å². The highest BCUT2D eigenvalue weighted by atomic mass is 16.2. The second-order valence-electron chi connectivity index (χ2n) is 7.50. The lowest BCUT2D eigenvalue weighted by atomic mass is 10.1. The van der Waals surface area contributed by atoms with Gasteiger partial charge in [0.1, 0.15) is 6.54 Å². The number of carbonyl (C=O) groups is 2. The maximum Gasteiger partial charge on any atom is 0.329 e. The summed E-state index contributed by atoms with van der Waals surface area (Å²) in [4.78, 5) is 38.0. The number of carbonyl (C=O) groups excluding carboxylic acids is 2. The zero-order valence-corrected chi connectivity index (χ0v) is 17.7. The van der Waals surface area contributed by atoms with E-state index < -0.39 is 0 Å². The van der Waals surface area contributed by atoms with Gasteiger partial charge in [0.25, 0.3) is 5.91 Å². The third-order valence-corrected chi connectivity index (χ3v) is 5.34. The molecule has 3 aromatic carbocycles. The average molecular weight is 428 g/mol. The Hall–Kier alpha value is -4.13. The second kappa shape index (κ2) is 9.34. The molecule has 0 saturated carbocycles. The molecule has 2 N–H and O–H groups in total. The van der Waals surface area contributed by atoms with E-state index in [2.05, 4.69) is 10.6 Å². The molecular formula is C25H24N4O3. The van der Waals surface area contributed by atoms with Crippen LogP contribution in [0, 0.1) is 0 Å². The Kier molecular flexibility index (Phi) is 6.17. The highest BCUT2D eigenvalue weighted by Crippen LogP contribution is 2.16. The predicted molar refractivity (Wildman–Crippen MR) is 125 cm³/mol. The van der Waals surface area contributed by atoms with Gasteiger partial charge >= 0.3 is 5.69 Å². The number of aryl methyl sites for hydroxylation is 1. The van der Waals surface area contributed by atoms with Gasteiger partial charge in [-0.3, -0.25) is 18.7 Å². The quantitative estimate of drug-likeness (QED) is 0.475. The van der Waals surface area contributed by atoms with Crippen LogP contribution in [-0.2, 0) is 24.8 Å². The highest BCUT2D eigenvalue weighted by Gasteiger charge is 2.16. The van der Waals surface area contributed by atoms with Gasteiger partial charge in [0, 0.05) is 13.6 Å². The van der Waals surface area contributed by atoms with Crippen LogP contribution in [0.2, 0.25) is 0 Å². The molecule has 32 heavy (non-hydrogen) atoms. The molecular weight excluding hydrogens is 404 g/mol. The number of anilines is 1. The van der Waals surface area contributed by atoms with E-state index in [9.17, 15) is 14.4 Å². The number of amides is 2. The van der Waals surface area contributed by atoms with Crippen molar-refractivity contribution in [3.63, 3.8) is 0 Å². The monoisotopic (exact) mass is 428 g/mol. The number of benzene rings is 3. The molecule has 0 spiro atoms. The highest BCUT2D eigenvalue weighted by molar-refractivity contribution is 6.03. The maximum atomic E-state index is 12.7. The molecule has 1 aromatic heterocycles. The first-order valence-electron chi connectivity index (χ1n) is 10.4. The fourth-order valence-electron chi connectivity index (χ4n) is 3.70. The molecule has 0 radical (unpaired) electrons. The Morgan fingerprint density at radius 1 is 0.844 bits per heavy atom. The van der Waals surface area contributed by atoms with Crippen LogP contribution in [0.4, 0.5) is 5.69 Å². The molecule has 0 unspecified atom stereocenters. The largest absolute Gasteiger partial charge is 0.352 e. The summed E-state index contributed by atoms with van der Waals surface area (Å²) in [5.41, 5.74) is 3.08. The lowest BCUT2D eigenvalue weighted by molar-refractivity contribution is -0.116. The Labute approximate surface area is 185 Å². The number of nitrogens with zero attached hydrogens (tertiary/aromatic N) is 2. The molecule has 4 aromatic rings. The van der Waals surface area contributed by atoms with Crippen molar-refractivity contribution in [2.45, 2.75) is 13.0 Å². The van der Waals surface area contributed by atoms with Crippen LogP contribution in [-0.4, -0.2) is 27.5 Å². The van der Waals surface area contributed by atoms with E-state index in [1.54, 1.807) is 37.4 Å². The SMILES string of the molecule is Cn1c(=O)n(CC(=O)Nc2ccccc2C(=O)NCCc2ccccc2)c2ccccc21. The standard InChI is InChI=1S/C25H24N4O3/c1-28-21-13-7-8-14-22(21)29(25(28)32)17-23(30)27-20-12-6-5-11-19(20)24(31)26-16-15-18-9-3-2-4-10-18/h2-14H,15-17H2,1H3,(H,26,31)(H,27,30). The molecule has 7 nitrogen and oxygen atoms in total. The molecule has 162 valence electrons. The summed E-state index contributed by atoms with van der Waals surface area (Å²) in [6.07, 6.45) is 0.713. The number of hydrogen-bond acceptors (Lipinski definition) is 3. The summed E-state index contributed by atoms with van der Waals surface area (Å²) in [5.74, 6) is -0.646. The zero-order chi connectivity index (χ0) is 22.5. The van der Waals surface area contributed by atoms with Crippen molar-refractivity contribution in [3.8, 4) is 0 Å². The lowest BCUT2D eigenvalue weighted by Gasteiger charge is -2.12. The summed E-state index contributed by atoms with van der Waals surface area (Å²) in [5, 5.41) is 5.68. The third kappa shape index (κ3) is 4.46. The molecule has 1 heterocycles. The topological polar surface area (TPSA) is 85.1 Å². The van der Waals surface area contributed by atoms with Crippen LogP contribution >= 0.6 is 0 Å². The number of rotatable bonds is 7. The average Bonchev–Trinajstić information content (AvgIpc) is 3.05. The fourth-order valence-corrected chi connectivity index (χ4v) is 3.70. The minimum atomic E-state index is -0.381. The van der Waals surface area contributed by atoms with Crippen molar-refractivity contribution in [1.82, 2.24) is 14.5 Å². The van der Waals surface area contributed by atoms with Crippen molar-refractivity contribution in [3.05, 3.63) is 100 Å². The summed E-state index contributed by atoms with van der Waals surface area (Å²) in [6, 6.07) is 24.0. The van der Waals surface area contributed by atoms with Crippen molar-refractivity contribution < 1.29 is 9.59 Å². The molecule has 0 bridgehead atoms. The second-order valence-corrected chi connectivity index (χ2v) is 7.50. The number of fused-ring (bicyclic) bond motifs is 1. The predicted octanol–water partition coefficient (Wildman–Crippen LogP) is 2.95. The van der Waals surface area contributed by atoms with Crippen molar-refractivity contribution >= 4 is 28.5 Å². The van der Waals surface area contributed by atoms with E-state index in [1.807, 2.05) is 48.5 Å². The molecule has 0 saturated heterocycles. The third-order valence-electron chi connectivity index (χ3n) is 5.34. The van der Waals surface area contributed by atoms with Crippen LogP contribution in [0.5, 0.6) is 0 Å². The summed E-state index contributed by atoms with van der Waals surface area (Å²) < 4.78 is 2.93. The van der Waals surface area contributed by atoms with Crippen LogP contribution in [0.1, 0.15) is 15.9 Å². The Bertz CT molecular complexity index is 1320. The lowest BCUT2D eigenvalue weighted by Crippen LogP contribution is -2.30. The van der Waals surface area contributed by atoms with Gasteiger partial charge in [0.05, 0.1) is 22.3 Å². The minimum Gasteiger partial charge on any atom is -0.352 e. The van der Waals surface area contributed by atoms with E-state index in [0.717, 1.165) is 11.1 Å². The van der Waals surface area contributed by atoms with Gasteiger partial charge < -0.3 is 10.6 Å². The minimum absolute atomic E-state index is 0.149. The Balaban J connectivity index is 1.45.